The van der Waals surface area contributed by atoms with Crippen molar-refractivity contribution >= 4 is 5.69 Å². The van der Waals surface area contributed by atoms with E-state index in [-0.39, 0.29) is 18.5 Å². The number of hydrogen-bond donors (Lipinski definition) is 2. The van der Waals surface area contributed by atoms with Gasteiger partial charge < -0.3 is 19.8 Å². The summed E-state index contributed by atoms with van der Waals surface area (Å²) in [7, 11) is 0. The Morgan fingerprint density at radius 1 is 1.40 bits per heavy atom. The number of benzene rings is 1. The lowest BCUT2D eigenvalue weighted by Gasteiger charge is -2.35. The van der Waals surface area contributed by atoms with Crippen LogP contribution < -0.4 is 4.90 Å². The van der Waals surface area contributed by atoms with Gasteiger partial charge in [0.25, 0.3) is 0 Å². The van der Waals surface area contributed by atoms with Crippen LogP contribution in [0.3, 0.4) is 0 Å². The molecule has 1 aliphatic rings. The van der Waals surface area contributed by atoms with Gasteiger partial charge in [-0.2, -0.15) is 0 Å². The van der Waals surface area contributed by atoms with Gasteiger partial charge in [-0.3, -0.25) is 0 Å². The van der Waals surface area contributed by atoms with E-state index in [1.54, 1.807) is 19.1 Å². The third-order valence-electron chi connectivity index (χ3n) is 3.67. The van der Waals surface area contributed by atoms with Crippen molar-refractivity contribution in [2.24, 2.45) is 0 Å². The first kappa shape index (κ1) is 15.2. The van der Waals surface area contributed by atoms with Gasteiger partial charge in [0.05, 0.1) is 31.1 Å². The molecule has 0 aromatic heterocycles. The van der Waals surface area contributed by atoms with Crippen molar-refractivity contribution in [3.8, 4) is 0 Å². The van der Waals surface area contributed by atoms with Crippen molar-refractivity contribution in [3.63, 3.8) is 0 Å². The maximum absolute atomic E-state index is 14.1. The summed E-state index contributed by atoms with van der Waals surface area (Å²) in [5.74, 6) is -0.293. The van der Waals surface area contributed by atoms with Crippen LogP contribution in [-0.4, -0.2) is 42.6 Å². The van der Waals surface area contributed by atoms with Crippen LogP contribution in [0.1, 0.15) is 31.4 Å². The molecule has 0 unspecified atom stereocenters. The van der Waals surface area contributed by atoms with E-state index in [4.69, 9.17) is 9.84 Å². The number of aliphatic hydroxyl groups is 2. The smallest absolute Gasteiger partial charge is 0.146 e. The lowest BCUT2D eigenvalue weighted by Crippen LogP contribution is -2.38. The summed E-state index contributed by atoms with van der Waals surface area (Å²) in [6, 6.07) is 4.81. The molecule has 0 aliphatic carbocycles. The molecule has 5 heteroatoms. The maximum Gasteiger partial charge on any atom is 0.146 e. The zero-order chi connectivity index (χ0) is 14.5. The lowest BCUT2D eigenvalue weighted by atomic mass is 10.0. The quantitative estimate of drug-likeness (QED) is 0.866. The third kappa shape index (κ3) is 3.48. The second-order valence-electron chi connectivity index (χ2n) is 5.13. The fourth-order valence-electron chi connectivity index (χ4n) is 2.67. The molecule has 20 heavy (non-hydrogen) atoms. The van der Waals surface area contributed by atoms with Crippen LogP contribution in [0.2, 0.25) is 0 Å². The molecule has 1 heterocycles. The number of hydrogen-bond acceptors (Lipinski definition) is 4. The summed E-state index contributed by atoms with van der Waals surface area (Å²) < 4.78 is 19.6. The number of piperidine rings is 1. The molecule has 1 aromatic rings. The molecule has 0 radical (unpaired) electrons. The second-order valence-corrected chi connectivity index (χ2v) is 5.13. The molecule has 2 N–H and O–H groups in total. The van der Waals surface area contributed by atoms with Crippen molar-refractivity contribution in [2.75, 3.05) is 31.2 Å². The van der Waals surface area contributed by atoms with Gasteiger partial charge in [-0.1, -0.05) is 12.1 Å². The van der Waals surface area contributed by atoms with Crippen LogP contribution >= 0.6 is 0 Å². The molecule has 1 saturated heterocycles. The van der Waals surface area contributed by atoms with E-state index in [1.165, 1.54) is 6.07 Å². The predicted octanol–water partition coefficient (Wildman–Crippen LogP) is 1.86. The monoisotopic (exact) mass is 283 g/mol. The van der Waals surface area contributed by atoms with Gasteiger partial charge in [0, 0.05) is 18.7 Å². The maximum atomic E-state index is 14.1. The Kier molecular flexibility index (Phi) is 5.34. The fraction of sp³-hybridized carbons (Fsp3) is 0.600. The van der Waals surface area contributed by atoms with Crippen LogP contribution in [0.4, 0.5) is 10.1 Å². The Labute approximate surface area is 118 Å². The zero-order valence-electron chi connectivity index (χ0n) is 11.8. The van der Waals surface area contributed by atoms with E-state index in [0.29, 0.717) is 30.9 Å². The fourth-order valence-corrected chi connectivity index (χ4v) is 2.67. The van der Waals surface area contributed by atoms with E-state index in [9.17, 15) is 9.50 Å². The van der Waals surface area contributed by atoms with Crippen LogP contribution in [-0.2, 0) is 4.74 Å². The first-order chi connectivity index (χ1) is 9.63. The summed E-state index contributed by atoms with van der Waals surface area (Å²) in [6.07, 6.45) is 1.03. The average Bonchev–Trinajstić information content (AvgIpc) is 2.45. The highest BCUT2D eigenvalue weighted by Crippen LogP contribution is 2.31. The average molecular weight is 283 g/mol. The molecule has 0 bridgehead atoms. The molecular weight excluding hydrogens is 261 g/mol. The number of anilines is 1. The van der Waals surface area contributed by atoms with Gasteiger partial charge >= 0.3 is 0 Å². The summed E-state index contributed by atoms with van der Waals surface area (Å²) in [5, 5.41) is 18.5. The first-order valence-corrected chi connectivity index (χ1v) is 7.07. The minimum atomic E-state index is -0.691. The number of rotatable bonds is 5. The van der Waals surface area contributed by atoms with Gasteiger partial charge in [-0.15, -0.1) is 0 Å². The van der Waals surface area contributed by atoms with Crippen molar-refractivity contribution in [2.45, 2.75) is 32.0 Å². The van der Waals surface area contributed by atoms with Crippen molar-refractivity contribution in [3.05, 3.63) is 29.6 Å². The lowest BCUT2D eigenvalue weighted by molar-refractivity contribution is 0.0158. The zero-order valence-corrected chi connectivity index (χ0v) is 11.8. The largest absolute Gasteiger partial charge is 0.394 e. The number of halogens is 1. The highest BCUT2D eigenvalue weighted by molar-refractivity contribution is 5.56. The van der Waals surface area contributed by atoms with E-state index >= 15 is 0 Å². The van der Waals surface area contributed by atoms with Crippen molar-refractivity contribution in [1.29, 1.82) is 0 Å². The summed E-state index contributed by atoms with van der Waals surface area (Å²) in [6.45, 7) is 3.41. The third-order valence-corrected chi connectivity index (χ3v) is 3.67. The van der Waals surface area contributed by atoms with E-state index in [0.717, 1.165) is 12.8 Å². The first-order valence-electron chi connectivity index (χ1n) is 7.07. The van der Waals surface area contributed by atoms with Crippen molar-refractivity contribution in [1.82, 2.24) is 0 Å². The molecule has 0 saturated carbocycles. The number of nitrogens with zero attached hydrogens (tertiary/aromatic N) is 1. The highest BCUT2D eigenvalue weighted by atomic mass is 19.1. The normalized spacial score (nSPS) is 18.3. The molecule has 1 atom stereocenters. The molecule has 0 amide bonds. The van der Waals surface area contributed by atoms with E-state index in [1.807, 2.05) is 4.90 Å². The molecule has 1 aliphatic heterocycles. The molecule has 1 aromatic carbocycles. The molecule has 0 spiro atoms. The Morgan fingerprint density at radius 3 is 2.70 bits per heavy atom. The number of ether oxygens (including phenoxy) is 1. The van der Waals surface area contributed by atoms with Gasteiger partial charge in [0.2, 0.25) is 0 Å². The van der Waals surface area contributed by atoms with Crippen LogP contribution in [0.15, 0.2) is 18.2 Å². The minimum absolute atomic E-state index is 0.0275. The summed E-state index contributed by atoms with van der Waals surface area (Å²) in [4.78, 5) is 1.97. The predicted molar refractivity (Wildman–Crippen MR) is 75.3 cm³/mol. The van der Waals surface area contributed by atoms with Crippen LogP contribution in [0, 0.1) is 5.82 Å². The summed E-state index contributed by atoms with van der Waals surface area (Å²) >= 11 is 0. The molecular formula is C15H22FNO3. The number of para-hydroxylation sites is 1. The SMILES string of the molecule is C[C@H](O)c1cccc(F)c1N1CCC(OCCO)CC1. The van der Waals surface area contributed by atoms with Gasteiger partial charge in [0.1, 0.15) is 5.82 Å². The van der Waals surface area contributed by atoms with Crippen LogP contribution in [0.5, 0.6) is 0 Å². The highest BCUT2D eigenvalue weighted by Gasteiger charge is 2.24. The molecule has 1 fully saturated rings. The molecule has 2 rings (SSSR count). The standard InChI is InChI=1S/C15H22FNO3/c1-11(19)13-3-2-4-14(16)15(13)17-7-5-12(6-8-17)20-10-9-18/h2-4,11-12,18-19H,5-10H2,1H3/t11-/m0/s1. The Bertz CT molecular complexity index is 431. The number of aliphatic hydroxyl groups excluding tert-OH is 2. The molecule has 4 nitrogen and oxygen atoms in total. The van der Waals surface area contributed by atoms with Gasteiger partial charge in [-0.05, 0) is 25.8 Å². The Balaban J connectivity index is 2.07. The topological polar surface area (TPSA) is 52.9 Å². The van der Waals surface area contributed by atoms with Crippen molar-refractivity contribution < 1.29 is 19.3 Å². The summed E-state index contributed by atoms with van der Waals surface area (Å²) in [5.41, 5.74) is 1.13. The Hall–Kier alpha value is -1.17. The Morgan fingerprint density at radius 2 is 2.10 bits per heavy atom. The molecule has 112 valence electrons. The van der Waals surface area contributed by atoms with E-state index < -0.39 is 6.10 Å². The van der Waals surface area contributed by atoms with Crippen LogP contribution in [0.25, 0.3) is 0 Å². The minimum Gasteiger partial charge on any atom is -0.394 e. The second kappa shape index (κ2) is 7.02. The van der Waals surface area contributed by atoms with Gasteiger partial charge in [0.15, 0.2) is 0 Å². The van der Waals surface area contributed by atoms with E-state index in [2.05, 4.69) is 0 Å². The van der Waals surface area contributed by atoms with Gasteiger partial charge in [-0.25, -0.2) is 4.39 Å².